The Morgan fingerprint density at radius 3 is 2.87 bits per heavy atom. The summed E-state index contributed by atoms with van der Waals surface area (Å²) in [5.74, 6) is 1.34. The monoisotopic (exact) mass is 226 g/mol. The van der Waals surface area contributed by atoms with Gasteiger partial charge in [-0.05, 0) is 49.9 Å². The van der Waals surface area contributed by atoms with Crippen molar-refractivity contribution in [3.8, 4) is 0 Å². The van der Waals surface area contributed by atoms with Crippen molar-refractivity contribution in [2.45, 2.75) is 56.6 Å². The second kappa shape index (κ2) is 6.47. The Bertz CT molecular complexity index is 197. The van der Waals surface area contributed by atoms with Gasteiger partial charge in [-0.25, -0.2) is 0 Å². The molecule has 1 unspecified atom stereocenters. The minimum absolute atomic E-state index is 0.755. The van der Waals surface area contributed by atoms with Gasteiger partial charge in [-0.15, -0.1) is 0 Å². The van der Waals surface area contributed by atoms with Gasteiger partial charge in [-0.3, -0.25) is 0 Å². The molecule has 0 radical (unpaired) electrons. The summed E-state index contributed by atoms with van der Waals surface area (Å²) in [4.78, 5) is 0. The van der Waals surface area contributed by atoms with E-state index in [1.54, 1.807) is 0 Å². The minimum atomic E-state index is 0.755. The van der Waals surface area contributed by atoms with Crippen molar-refractivity contribution >= 4 is 11.8 Å². The van der Waals surface area contributed by atoms with Crippen LogP contribution in [-0.2, 0) is 4.74 Å². The second-order valence-corrected chi connectivity index (χ2v) is 6.07. The lowest BCUT2D eigenvalue weighted by Gasteiger charge is -2.12. The van der Waals surface area contributed by atoms with Gasteiger partial charge >= 0.3 is 0 Å². The number of hydrogen-bond donors (Lipinski definition) is 0. The molecule has 0 aromatic carbocycles. The van der Waals surface area contributed by atoms with Crippen molar-refractivity contribution in [2.24, 2.45) is 0 Å². The third-order valence-corrected chi connectivity index (χ3v) is 4.67. The van der Waals surface area contributed by atoms with E-state index in [4.69, 9.17) is 4.74 Å². The Kier molecular flexibility index (Phi) is 4.91. The van der Waals surface area contributed by atoms with E-state index in [9.17, 15) is 0 Å². The van der Waals surface area contributed by atoms with Gasteiger partial charge in [0.05, 0.1) is 12.9 Å². The fraction of sp³-hybridized carbons (Fsp3) is 0.846. The fourth-order valence-electron chi connectivity index (χ4n) is 2.34. The number of hydrogen-bond acceptors (Lipinski definition) is 2. The molecule has 0 amide bonds. The molecule has 0 spiro atoms. The molecule has 2 rings (SSSR count). The standard InChI is InChI=1S/C13H22OS/c1-2-8-13(15-9-5-1)11-14-10-12-6-3-4-7-12/h10,13H,1-9,11H2. The van der Waals surface area contributed by atoms with E-state index < -0.39 is 0 Å². The van der Waals surface area contributed by atoms with Crippen molar-refractivity contribution in [1.29, 1.82) is 0 Å². The van der Waals surface area contributed by atoms with E-state index in [1.165, 1.54) is 62.7 Å². The zero-order valence-electron chi connectivity index (χ0n) is 9.54. The third-order valence-electron chi connectivity index (χ3n) is 3.30. The molecule has 1 saturated heterocycles. The highest BCUT2D eigenvalue weighted by Crippen LogP contribution is 2.26. The molecule has 0 N–H and O–H groups in total. The lowest BCUT2D eigenvalue weighted by Crippen LogP contribution is -2.09. The first-order valence-electron chi connectivity index (χ1n) is 6.36. The van der Waals surface area contributed by atoms with Gasteiger partial charge in [0.25, 0.3) is 0 Å². The van der Waals surface area contributed by atoms with Crippen LogP contribution in [0.4, 0.5) is 0 Å². The van der Waals surface area contributed by atoms with Crippen molar-refractivity contribution in [3.63, 3.8) is 0 Å². The first-order valence-corrected chi connectivity index (χ1v) is 7.41. The van der Waals surface area contributed by atoms with E-state index in [0.29, 0.717) is 0 Å². The average Bonchev–Trinajstić information content (AvgIpc) is 2.62. The predicted molar refractivity (Wildman–Crippen MR) is 67.2 cm³/mol. The molecule has 0 aromatic rings. The SMILES string of the molecule is C(OCC1CCCCCS1)=C1CCCC1. The number of rotatable bonds is 3. The lowest BCUT2D eigenvalue weighted by molar-refractivity contribution is 0.242. The lowest BCUT2D eigenvalue weighted by atomic mass is 10.2. The van der Waals surface area contributed by atoms with E-state index in [2.05, 4.69) is 18.0 Å². The molecule has 0 bridgehead atoms. The summed E-state index contributed by atoms with van der Waals surface area (Å²) >= 11 is 2.11. The molecule has 1 saturated carbocycles. The molecule has 0 aromatic heterocycles. The number of ether oxygens (including phenoxy) is 1. The van der Waals surface area contributed by atoms with Crippen LogP contribution in [-0.4, -0.2) is 17.6 Å². The van der Waals surface area contributed by atoms with Gasteiger partial charge in [-0.1, -0.05) is 12.8 Å². The Balaban J connectivity index is 1.65. The Morgan fingerprint density at radius 2 is 2.00 bits per heavy atom. The molecule has 15 heavy (non-hydrogen) atoms. The molecule has 2 heteroatoms. The largest absolute Gasteiger partial charge is 0.500 e. The highest BCUT2D eigenvalue weighted by atomic mass is 32.2. The van der Waals surface area contributed by atoms with Gasteiger partial charge in [0.15, 0.2) is 0 Å². The number of thioether (sulfide) groups is 1. The van der Waals surface area contributed by atoms with Crippen LogP contribution >= 0.6 is 11.8 Å². The maximum Gasteiger partial charge on any atom is 0.0991 e. The summed E-state index contributed by atoms with van der Waals surface area (Å²) in [6, 6.07) is 0. The maximum absolute atomic E-state index is 5.73. The summed E-state index contributed by atoms with van der Waals surface area (Å²) < 4.78 is 5.73. The van der Waals surface area contributed by atoms with Crippen molar-refractivity contribution < 1.29 is 4.74 Å². The van der Waals surface area contributed by atoms with Crippen LogP contribution in [0.15, 0.2) is 11.8 Å². The van der Waals surface area contributed by atoms with Crippen molar-refractivity contribution in [3.05, 3.63) is 11.8 Å². The van der Waals surface area contributed by atoms with Gasteiger partial charge in [-0.2, -0.15) is 11.8 Å². The minimum Gasteiger partial charge on any atom is -0.500 e. The molecule has 1 atom stereocenters. The topological polar surface area (TPSA) is 9.23 Å². The van der Waals surface area contributed by atoms with Crippen LogP contribution in [0.2, 0.25) is 0 Å². The Morgan fingerprint density at radius 1 is 1.13 bits per heavy atom. The van der Waals surface area contributed by atoms with Crippen LogP contribution in [0.5, 0.6) is 0 Å². The quantitative estimate of drug-likeness (QED) is 0.669. The molecule has 1 nitrogen and oxygen atoms in total. The van der Waals surface area contributed by atoms with Gasteiger partial charge in [0, 0.05) is 5.25 Å². The summed E-state index contributed by atoms with van der Waals surface area (Å²) in [5, 5.41) is 0.755. The molecule has 86 valence electrons. The average molecular weight is 226 g/mol. The van der Waals surface area contributed by atoms with E-state index >= 15 is 0 Å². The van der Waals surface area contributed by atoms with Crippen LogP contribution in [0.1, 0.15) is 51.4 Å². The third kappa shape index (κ3) is 4.10. The maximum atomic E-state index is 5.73. The number of allylic oxidation sites excluding steroid dienone is 1. The fourth-order valence-corrected chi connectivity index (χ4v) is 3.55. The van der Waals surface area contributed by atoms with Crippen molar-refractivity contribution in [2.75, 3.05) is 12.4 Å². The zero-order chi connectivity index (χ0) is 10.3. The van der Waals surface area contributed by atoms with E-state index in [-0.39, 0.29) is 0 Å². The van der Waals surface area contributed by atoms with E-state index in [0.717, 1.165) is 11.9 Å². The molecule has 2 fully saturated rings. The van der Waals surface area contributed by atoms with Crippen LogP contribution in [0, 0.1) is 0 Å². The molecular formula is C13H22OS. The molecule has 1 aliphatic carbocycles. The summed E-state index contributed by atoms with van der Waals surface area (Å²) in [7, 11) is 0. The highest BCUT2D eigenvalue weighted by molar-refractivity contribution is 7.99. The first kappa shape index (κ1) is 11.4. The van der Waals surface area contributed by atoms with E-state index in [1.807, 2.05) is 0 Å². The predicted octanol–water partition coefficient (Wildman–Crippen LogP) is 4.14. The summed E-state index contributed by atoms with van der Waals surface area (Å²) in [6.07, 6.45) is 12.9. The second-order valence-electron chi connectivity index (χ2n) is 4.66. The molecule has 1 heterocycles. The summed E-state index contributed by atoms with van der Waals surface area (Å²) in [5.41, 5.74) is 1.54. The normalized spacial score (nSPS) is 27.5. The van der Waals surface area contributed by atoms with Crippen molar-refractivity contribution in [1.82, 2.24) is 0 Å². The van der Waals surface area contributed by atoms with Crippen LogP contribution < -0.4 is 0 Å². The Labute approximate surface area is 97.7 Å². The molecule has 2 aliphatic rings. The molecule has 1 aliphatic heterocycles. The van der Waals surface area contributed by atoms with Gasteiger partial charge < -0.3 is 4.74 Å². The summed E-state index contributed by atoms with van der Waals surface area (Å²) in [6.45, 7) is 0.939. The van der Waals surface area contributed by atoms with Crippen LogP contribution in [0.3, 0.4) is 0 Å². The first-order chi connectivity index (χ1) is 7.45. The smallest absolute Gasteiger partial charge is 0.0991 e. The Hall–Kier alpha value is -0.110. The zero-order valence-corrected chi connectivity index (χ0v) is 10.4. The highest BCUT2D eigenvalue weighted by Gasteiger charge is 2.13. The van der Waals surface area contributed by atoms with Gasteiger partial charge in [0.1, 0.15) is 0 Å². The van der Waals surface area contributed by atoms with Crippen LogP contribution in [0.25, 0.3) is 0 Å². The molecular weight excluding hydrogens is 204 g/mol. The van der Waals surface area contributed by atoms with Gasteiger partial charge in [0.2, 0.25) is 0 Å².